The second kappa shape index (κ2) is 9.12. The zero-order valence-corrected chi connectivity index (χ0v) is 19.2. The normalized spacial score (nSPS) is 16.6. The zero-order valence-electron chi connectivity index (χ0n) is 17.7. The first-order valence-electron chi connectivity index (χ1n) is 10.1. The largest absolute Gasteiger partial charge is 0.316 e. The summed E-state index contributed by atoms with van der Waals surface area (Å²) in [5, 5.41) is 1.36. The minimum Gasteiger partial charge on any atom is -0.316 e. The van der Waals surface area contributed by atoms with Crippen LogP contribution in [0.4, 0.5) is 5.69 Å². The van der Waals surface area contributed by atoms with E-state index in [2.05, 4.69) is 36.4 Å². The summed E-state index contributed by atoms with van der Waals surface area (Å²) in [5.74, 6) is -0.00857. The minimum atomic E-state index is -0.00857. The van der Waals surface area contributed by atoms with Crippen LogP contribution in [0.5, 0.6) is 0 Å². The van der Waals surface area contributed by atoms with Crippen molar-refractivity contribution in [2.75, 3.05) is 6.54 Å². The molecule has 3 heterocycles. The molecule has 0 spiro atoms. The van der Waals surface area contributed by atoms with Gasteiger partial charge in [0.2, 0.25) is 0 Å². The average Bonchev–Trinajstić information content (AvgIpc) is 3.21. The van der Waals surface area contributed by atoms with Crippen molar-refractivity contribution >= 4 is 46.2 Å². The number of aliphatic imine (C=N–C) groups is 1. The fraction of sp³-hybridized carbons (Fsp3) is 0.208. The highest BCUT2D eigenvalue weighted by Crippen LogP contribution is 2.35. The maximum absolute atomic E-state index is 13.1. The number of aromatic nitrogens is 2. The predicted octanol–water partition coefficient (Wildman–Crippen LogP) is 6.16. The van der Waals surface area contributed by atoms with Crippen LogP contribution in [0.2, 0.25) is 5.02 Å². The molecule has 1 aromatic carbocycles. The first kappa shape index (κ1) is 21.4. The van der Waals surface area contributed by atoms with E-state index in [1.165, 1.54) is 11.8 Å². The van der Waals surface area contributed by atoms with E-state index >= 15 is 0 Å². The van der Waals surface area contributed by atoms with Gasteiger partial charge in [0, 0.05) is 29.2 Å². The monoisotopic (exact) mass is 450 g/mol. The summed E-state index contributed by atoms with van der Waals surface area (Å²) >= 11 is 7.40. The Hall–Kier alpha value is -2.83. The van der Waals surface area contributed by atoms with Gasteiger partial charge >= 0.3 is 0 Å². The van der Waals surface area contributed by atoms with Crippen molar-refractivity contribution in [3.63, 3.8) is 0 Å². The second-order valence-corrected chi connectivity index (χ2v) is 8.76. The van der Waals surface area contributed by atoms with Gasteiger partial charge < -0.3 is 4.57 Å². The molecule has 1 amide bonds. The summed E-state index contributed by atoms with van der Waals surface area (Å²) in [7, 11) is 0. The van der Waals surface area contributed by atoms with Crippen LogP contribution in [-0.2, 0) is 4.79 Å². The van der Waals surface area contributed by atoms with Crippen molar-refractivity contribution in [1.29, 1.82) is 0 Å². The van der Waals surface area contributed by atoms with Crippen molar-refractivity contribution in [2.45, 2.75) is 27.2 Å². The molecule has 0 bridgehead atoms. The lowest BCUT2D eigenvalue weighted by Gasteiger charge is -2.13. The molecule has 4 rings (SSSR count). The highest BCUT2D eigenvalue weighted by molar-refractivity contribution is 8.18. The number of amidine groups is 1. The highest BCUT2D eigenvalue weighted by Gasteiger charge is 2.33. The minimum absolute atomic E-state index is 0.00857. The van der Waals surface area contributed by atoms with Gasteiger partial charge in [0.25, 0.3) is 5.91 Å². The molecule has 0 atom stereocenters. The molecular weight excluding hydrogens is 428 g/mol. The number of amides is 1. The molecule has 1 aliphatic rings. The number of pyridine rings is 1. The van der Waals surface area contributed by atoms with Crippen LogP contribution in [0.3, 0.4) is 0 Å². The first-order chi connectivity index (χ1) is 15.0. The number of carbonyl (C=O) groups excluding carboxylic acids is 1. The summed E-state index contributed by atoms with van der Waals surface area (Å²) in [6.07, 6.45) is 6.43. The lowest BCUT2D eigenvalue weighted by atomic mass is 10.2. The van der Waals surface area contributed by atoms with Gasteiger partial charge in [0.05, 0.1) is 22.5 Å². The maximum atomic E-state index is 13.1. The number of rotatable bonds is 5. The number of carbonyl (C=O) groups is 1. The van der Waals surface area contributed by atoms with Crippen LogP contribution in [0, 0.1) is 13.8 Å². The van der Waals surface area contributed by atoms with Crippen molar-refractivity contribution in [2.24, 2.45) is 4.99 Å². The van der Waals surface area contributed by atoms with Crippen LogP contribution in [0.25, 0.3) is 11.8 Å². The molecule has 1 aliphatic heterocycles. The molecular formula is C24H23ClN4OS. The SMILES string of the molecule is CCCN1C(=O)/C(=C/c2cc(C)n(-c3cccnc3)c2C)SC1=Nc1ccc(Cl)cc1. The number of halogens is 1. The van der Waals surface area contributed by atoms with Gasteiger partial charge in [-0.15, -0.1) is 0 Å². The molecule has 1 fully saturated rings. The number of hydrogen-bond acceptors (Lipinski definition) is 4. The third-order valence-corrected chi connectivity index (χ3v) is 6.31. The smallest absolute Gasteiger partial charge is 0.266 e. The summed E-state index contributed by atoms with van der Waals surface area (Å²) in [6.45, 7) is 6.80. The Bertz CT molecular complexity index is 1170. The molecule has 31 heavy (non-hydrogen) atoms. The second-order valence-electron chi connectivity index (χ2n) is 7.31. The van der Waals surface area contributed by atoms with Crippen molar-refractivity contribution in [3.8, 4) is 5.69 Å². The molecule has 0 N–H and O–H groups in total. The number of aryl methyl sites for hydroxylation is 1. The molecule has 0 aliphatic carbocycles. The number of thioether (sulfide) groups is 1. The highest BCUT2D eigenvalue weighted by atomic mass is 35.5. The van der Waals surface area contributed by atoms with Gasteiger partial charge in [-0.25, -0.2) is 4.99 Å². The third-order valence-electron chi connectivity index (χ3n) is 5.05. The Morgan fingerprint density at radius 2 is 1.97 bits per heavy atom. The predicted molar refractivity (Wildman–Crippen MR) is 129 cm³/mol. The topological polar surface area (TPSA) is 50.5 Å². The Balaban J connectivity index is 1.70. The van der Waals surface area contributed by atoms with E-state index in [1.54, 1.807) is 23.2 Å². The lowest BCUT2D eigenvalue weighted by Crippen LogP contribution is -2.29. The molecule has 0 unspecified atom stereocenters. The fourth-order valence-corrected chi connectivity index (χ4v) is 4.74. The van der Waals surface area contributed by atoms with Gasteiger partial charge in [-0.1, -0.05) is 18.5 Å². The van der Waals surface area contributed by atoms with E-state index in [0.717, 1.165) is 34.7 Å². The molecule has 0 saturated carbocycles. The molecule has 5 nitrogen and oxygen atoms in total. The van der Waals surface area contributed by atoms with E-state index in [0.29, 0.717) is 21.6 Å². The van der Waals surface area contributed by atoms with E-state index in [1.807, 2.05) is 36.5 Å². The van der Waals surface area contributed by atoms with Crippen LogP contribution in [0.1, 0.15) is 30.3 Å². The van der Waals surface area contributed by atoms with Crippen LogP contribution in [-0.4, -0.2) is 32.1 Å². The van der Waals surface area contributed by atoms with Crippen molar-refractivity contribution in [3.05, 3.63) is 81.7 Å². The Labute approximate surface area is 191 Å². The molecule has 1 saturated heterocycles. The summed E-state index contributed by atoms with van der Waals surface area (Å²) < 4.78 is 2.15. The Morgan fingerprint density at radius 1 is 1.19 bits per heavy atom. The number of hydrogen-bond donors (Lipinski definition) is 0. The quantitative estimate of drug-likeness (QED) is 0.437. The van der Waals surface area contributed by atoms with E-state index in [-0.39, 0.29) is 5.91 Å². The summed E-state index contributed by atoms with van der Waals surface area (Å²) in [5.41, 5.74) is 4.95. The standard InChI is InChI=1S/C24H23ClN4OS/c1-4-12-28-23(30)22(31-24(28)27-20-9-7-19(25)8-10-20)14-18-13-16(2)29(17(18)3)21-6-5-11-26-15-21/h5-11,13-15H,4,12H2,1-3H3/b22-14-,27-24?. The Morgan fingerprint density at radius 3 is 2.65 bits per heavy atom. The molecule has 158 valence electrons. The molecule has 3 aromatic rings. The summed E-state index contributed by atoms with van der Waals surface area (Å²) in [6, 6.07) is 13.4. The van der Waals surface area contributed by atoms with E-state index < -0.39 is 0 Å². The van der Waals surface area contributed by atoms with Gasteiger partial charge in [0.1, 0.15) is 0 Å². The van der Waals surface area contributed by atoms with Gasteiger partial charge in [-0.2, -0.15) is 0 Å². The first-order valence-corrected chi connectivity index (χ1v) is 11.3. The molecule has 0 radical (unpaired) electrons. The zero-order chi connectivity index (χ0) is 22.0. The van der Waals surface area contributed by atoms with Gasteiger partial charge in [-0.3, -0.25) is 14.7 Å². The lowest BCUT2D eigenvalue weighted by molar-refractivity contribution is -0.122. The maximum Gasteiger partial charge on any atom is 0.266 e. The molecule has 2 aromatic heterocycles. The van der Waals surface area contributed by atoms with Crippen molar-refractivity contribution in [1.82, 2.24) is 14.5 Å². The number of benzene rings is 1. The van der Waals surface area contributed by atoms with Crippen LogP contribution in [0.15, 0.2) is 64.8 Å². The molecule has 7 heteroatoms. The van der Waals surface area contributed by atoms with Crippen molar-refractivity contribution < 1.29 is 4.79 Å². The van der Waals surface area contributed by atoms with Gasteiger partial charge in [-0.05, 0) is 86.1 Å². The fourth-order valence-electron chi connectivity index (χ4n) is 3.60. The number of nitrogens with zero attached hydrogens (tertiary/aromatic N) is 4. The van der Waals surface area contributed by atoms with Crippen LogP contribution < -0.4 is 0 Å². The average molecular weight is 451 g/mol. The van der Waals surface area contributed by atoms with E-state index in [9.17, 15) is 4.79 Å². The van der Waals surface area contributed by atoms with E-state index in [4.69, 9.17) is 16.6 Å². The summed E-state index contributed by atoms with van der Waals surface area (Å²) in [4.78, 5) is 24.5. The Kier molecular flexibility index (Phi) is 6.30. The van der Waals surface area contributed by atoms with Crippen LogP contribution >= 0.6 is 23.4 Å². The van der Waals surface area contributed by atoms with Gasteiger partial charge in [0.15, 0.2) is 5.17 Å². The third kappa shape index (κ3) is 4.45.